The molecule has 0 spiro atoms. The first-order valence-corrected chi connectivity index (χ1v) is 5.25. The number of anilines is 1. The first-order valence-electron chi connectivity index (χ1n) is 4.49. The minimum atomic E-state index is 0.134. The number of halogens is 2. The van der Waals surface area contributed by atoms with E-state index in [2.05, 4.69) is 21.9 Å². The van der Waals surface area contributed by atoms with Gasteiger partial charge in [0.15, 0.2) is 0 Å². The Hall–Kier alpha value is -0.610. The Morgan fingerprint density at radius 2 is 1.64 bits per heavy atom. The molecule has 0 aromatic carbocycles. The molecule has 0 N–H and O–H groups in total. The smallest absolute Gasteiger partial charge is 0.230 e. The van der Waals surface area contributed by atoms with Gasteiger partial charge in [-0.3, -0.25) is 0 Å². The molecule has 0 amide bonds. The van der Waals surface area contributed by atoms with Crippen molar-refractivity contribution in [3.8, 4) is 0 Å². The summed E-state index contributed by atoms with van der Waals surface area (Å²) in [5.74, 6) is 0.541. The van der Waals surface area contributed by atoms with Crippen LogP contribution in [0.25, 0.3) is 0 Å². The second kappa shape index (κ2) is 5.32. The van der Waals surface area contributed by atoms with Gasteiger partial charge in [0, 0.05) is 13.1 Å². The van der Waals surface area contributed by atoms with E-state index in [4.69, 9.17) is 23.2 Å². The number of hydrogen-bond acceptors (Lipinski definition) is 4. The van der Waals surface area contributed by atoms with E-state index in [1.807, 2.05) is 11.8 Å². The van der Waals surface area contributed by atoms with Crippen molar-refractivity contribution in [2.75, 3.05) is 18.0 Å². The maximum atomic E-state index is 5.68. The number of rotatable bonds is 4. The van der Waals surface area contributed by atoms with Gasteiger partial charge >= 0.3 is 0 Å². The van der Waals surface area contributed by atoms with Crippen LogP contribution in [0.3, 0.4) is 0 Å². The number of nitrogens with zero attached hydrogens (tertiary/aromatic N) is 4. The molecule has 0 unspecified atom stereocenters. The monoisotopic (exact) mass is 234 g/mol. The molecule has 1 rings (SSSR count). The van der Waals surface area contributed by atoms with Gasteiger partial charge in [-0.15, -0.1) is 0 Å². The second-order valence-corrected chi connectivity index (χ2v) is 3.43. The van der Waals surface area contributed by atoms with Crippen LogP contribution < -0.4 is 4.90 Å². The van der Waals surface area contributed by atoms with Gasteiger partial charge in [0.2, 0.25) is 16.5 Å². The molecule has 0 atom stereocenters. The normalized spacial score (nSPS) is 10.3. The van der Waals surface area contributed by atoms with Gasteiger partial charge in [0.25, 0.3) is 0 Å². The molecule has 1 aromatic rings. The topological polar surface area (TPSA) is 41.9 Å². The molecule has 1 heterocycles. The Kier molecular flexibility index (Phi) is 4.35. The van der Waals surface area contributed by atoms with Crippen LogP contribution in [0.5, 0.6) is 0 Å². The third-order valence-electron chi connectivity index (χ3n) is 1.73. The Morgan fingerprint density at radius 3 is 2.07 bits per heavy atom. The van der Waals surface area contributed by atoms with Crippen molar-refractivity contribution in [2.24, 2.45) is 0 Å². The largest absolute Gasteiger partial charge is 0.341 e. The lowest BCUT2D eigenvalue weighted by molar-refractivity contribution is 0.757. The summed E-state index contributed by atoms with van der Waals surface area (Å²) in [5, 5.41) is 0.268. The molecular formula is C8H12Cl2N4. The lowest BCUT2D eigenvalue weighted by Gasteiger charge is -2.19. The van der Waals surface area contributed by atoms with Crippen molar-refractivity contribution in [3.63, 3.8) is 0 Å². The summed E-state index contributed by atoms with van der Waals surface area (Å²) in [5.41, 5.74) is 0. The highest BCUT2D eigenvalue weighted by Crippen LogP contribution is 2.13. The average molecular weight is 235 g/mol. The van der Waals surface area contributed by atoms with Crippen LogP contribution in [0, 0.1) is 0 Å². The van der Waals surface area contributed by atoms with Crippen molar-refractivity contribution >= 4 is 29.2 Å². The summed E-state index contributed by atoms with van der Waals surface area (Å²) in [7, 11) is 0. The Labute approximate surface area is 93.3 Å². The average Bonchev–Trinajstić information content (AvgIpc) is 2.12. The molecule has 0 aliphatic carbocycles. The molecule has 0 aliphatic rings. The molecule has 0 saturated heterocycles. The van der Waals surface area contributed by atoms with Crippen molar-refractivity contribution < 1.29 is 0 Å². The van der Waals surface area contributed by atoms with Crippen molar-refractivity contribution in [2.45, 2.75) is 20.3 Å². The van der Waals surface area contributed by atoms with Crippen LogP contribution in [0.4, 0.5) is 5.95 Å². The van der Waals surface area contributed by atoms with E-state index < -0.39 is 0 Å². The van der Waals surface area contributed by atoms with E-state index in [1.54, 1.807) is 0 Å². The highest BCUT2D eigenvalue weighted by molar-refractivity contribution is 6.31. The van der Waals surface area contributed by atoms with E-state index in [9.17, 15) is 0 Å². The van der Waals surface area contributed by atoms with Crippen LogP contribution in [-0.2, 0) is 0 Å². The summed E-state index contributed by atoms with van der Waals surface area (Å²) >= 11 is 11.4. The zero-order valence-corrected chi connectivity index (χ0v) is 9.68. The Balaban J connectivity index is 2.91. The highest BCUT2D eigenvalue weighted by atomic mass is 35.5. The van der Waals surface area contributed by atoms with E-state index in [0.717, 1.165) is 19.5 Å². The minimum absolute atomic E-state index is 0.134. The summed E-state index contributed by atoms with van der Waals surface area (Å²) in [6.07, 6.45) is 1.02. The quantitative estimate of drug-likeness (QED) is 0.803. The molecule has 78 valence electrons. The summed E-state index contributed by atoms with van der Waals surface area (Å²) in [6.45, 7) is 5.83. The zero-order chi connectivity index (χ0) is 10.6. The first-order chi connectivity index (χ1) is 6.67. The van der Waals surface area contributed by atoms with Gasteiger partial charge in [-0.2, -0.15) is 15.0 Å². The van der Waals surface area contributed by atoms with E-state index in [-0.39, 0.29) is 10.6 Å². The van der Waals surface area contributed by atoms with Crippen molar-refractivity contribution in [1.29, 1.82) is 0 Å². The zero-order valence-electron chi connectivity index (χ0n) is 8.17. The molecule has 0 bridgehead atoms. The van der Waals surface area contributed by atoms with Gasteiger partial charge in [-0.05, 0) is 36.5 Å². The van der Waals surface area contributed by atoms with E-state index in [1.165, 1.54) is 0 Å². The minimum Gasteiger partial charge on any atom is -0.341 e. The standard InChI is InChI=1S/C8H12Cl2N4/c1-3-5-14(4-2)8-12-6(9)11-7(10)13-8/h3-5H2,1-2H3. The van der Waals surface area contributed by atoms with Gasteiger partial charge in [-0.25, -0.2) is 0 Å². The van der Waals surface area contributed by atoms with Gasteiger partial charge in [0.05, 0.1) is 0 Å². The van der Waals surface area contributed by atoms with Gasteiger partial charge in [-0.1, -0.05) is 6.92 Å². The number of hydrogen-bond donors (Lipinski definition) is 0. The molecule has 0 radical (unpaired) electrons. The van der Waals surface area contributed by atoms with Gasteiger partial charge < -0.3 is 4.90 Å². The fourth-order valence-electron chi connectivity index (χ4n) is 1.13. The maximum Gasteiger partial charge on any atom is 0.230 e. The van der Waals surface area contributed by atoms with E-state index in [0.29, 0.717) is 5.95 Å². The fourth-order valence-corrected chi connectivity index (χ4v) is 1.48. The molecule has 6 heteroatoms. The predicted molar refractivity (Wildman–Crippen MR) is 58.0 cm³/mol. The third-order valence-corrected chi connectivity index (χ3v) is 2.07. The van der Waals surface area contributed by atoms with Crippen LogP contribution >= 0.6 is 23.2 Å². The van der Waals surface area contributed by atoms with Crippen LogP contribution in [-0.4, -0.2) is 28.0 Å². The lowest BCUT2D eigenvalue weighted by Crippen LogP contribution is -2.25. The van der Waals surface area contributed by atoms with Crippen LogP contribution in [0.15, 0.2) is 0 Å². The van der Waals surface area contributed by atoms with E-state index >= 15 is 0 Å². The molecule has 0 saturated carbocycles. The molecular weight excluding hydrogens is 223 g/mol. The third kappa shape index (κ3) is 2.96. The molecule has 0 fully saturated rings. The number of aromatic nitrogens is 3. The fraction of sp³-hybridized carbons (Fsp3) is 0.625. The molecule has 0 aliphatic heterocycles. The Morgan fingerprint density at radius 1 is 1.07 bits per heavy atom. The lowest BCUT2D eigenvalue weighted by atomic mass is 10.4. The molecule has 1 aromatic heterocycles. The maximum absolute atomic E-state index is 5.68. The first kappa shape index (κ1) is 11.5. The van der Waals surface area contributed by atoms with Crippen LogP contribution in [0.2, 0.25) is 10.6 Å². The van der Waals surface area contributed by atoms with Crippen molar-refractivity contribution in [1.82, 2.24) is 15.0 Å². The van der Waals surface area contributed by atoms with Gasteiger partial charge in [0.1, 0.15) is 0 Å². The van der Waals surface area contributed by atoms with Crippen LogP contribution in [0.1, 0.15) is 20.3 Å². The summed E-state index contributed by atoms with van der Waals surface area (Å²) < 4.78 is 0. The summed E-state index contributed by atoms with van der Waals surface area (Å²) in [6, 6.07) is 0. The Bertz CT molecular complexity index is 285. The summed E-state index contributed by atoms with van der Waals surface area (Å²) in [4.78, 5) is 13.7. The highest BCUT2D eigenvalue weighted by Gasteiger charge is 2.09. The van der Waals surface area contributed by atoms with Crippen molar-refractivity contribution in [3.05, 3.63) is 10.6 Å². The second-order valence-electron chi connectivity index (χ2n) is 2.75. The molecule has 4 nitrogen and oxygen atoms in total. The SMILES string of the molecule is CCCN(CC)c1nc(Cl)nc(Cl)n1. The molecule has 14 heavy (non-hydrogen) atoms. The predicted octanol–water partition coefficient (Wildman–Crippen LogP) is 2.41.